The van der Waals surface area contributed by atoms with Gasteiger partial charge in [0.25, 0.3) is 0 Å². The Kier molecular flexibility index (Phi) is 5.67. The third-order valence-corrected chi connectivity index (χ3v) is 5.39. The first-order chi connectivity index (χ1) is 11.2. The summed E-state index contributed by atoms with van der Waals surface area (Å²) in [6, 6.07) is 0.434. The fraction of sp³-hybridized carbons (Fsp3) is 0.882. The molecule has 0 spiro atoms. The zero-order valence-corrected chi connectivity index (χ0v) is 14.7. The van der Waals surface area contributed by atoms with Gasteiger partial charge in [-0.15, -0.1) is 10.2 Å². The van der Waals surface area contributed by atoms with Gasteiger partial charge in [-0.2, -0.15) is 0 Å². The van der Waals surface area contributed by atoms with Gasteiger partial charge >= 0.3 is 0 Å². The molecule has 0 N–H and O–H groups in total. The molecule has 2 aliphatic rings. The summed E-state index contributed by atoms with van der Waals surface area (Å²) in [5, 5.41) is 8.71. The molecule has 2 fully saturated rings. The second-order valence-corrected chi connectivity index (χ2v) is 6.80. The van der Waals surface area contributed by atoms with Gasteiger partial charge in [-0.25, -0.2) is 0 Å². The molecule has 1 saturated heterocycles. The lowest BCUT2D eigenvalue weighted by molar-refractivity contribution is -0.0619. The average molecular weight is 322 g/mol. The van der Waals surface area contributed by atoms with Crippen LogP contribution in [0.5, 0.6) is 0 Å². The molecule has 3 atom stereocenters. The summed E-state index contributed by atoms with van der Waals surface area (Å²) in [7, 11) is 1.85. The number of methoxy groups -OCH3 is 1. The number of hydrogen-bond acceptors (Lipinski definition) is 5. The first-order valence-corrected chi connectivity index (χ1v) is 8.97. The summed E-state index contributed by atoms with van der Waals surface area (Å²) in [6.45, 7) is 8.68. The van der Waals surface area contributed by atoms with E-state index in [1.807, 2.05) is 14.0 Å². The minimum absolute atomic E-state index is 0.374. The van der Waals surface area contributed by atoms with E-state index in [0.717, 1.165) is 50.9 Å². The number of morpholine rings is 1. The van der Waals surface area contributed by atoms with Crippen molar-refractivity contribution in [2.24, 2.45) is 5.92 Å². The van der Waals surface area contributed by atoms with E-state index in [1.54, 1.807) is 0 Å². The van der Waals surface area contributed by atoms with Crippen LogP contribution >= 0.6 is 0 Å². The van der Waals surface area contributed by atoms with E-state index in [2.05, 4.69) is 26.6 Å². The molecule has 2 heterocycles. The van der Waals surface area contributed by atoms with Crippen LogP contribution in [0.3, 0.4) is 0 Å². The van der Waals surface area contributed by atoms with Crippen LogP contribution in [0.25, 0.3) is 0 Å². The van der Waals surface area contributed by atoms with Crippen LogP contribution in [0.15, 0.2) is 0 Å². The minimum Gasteiger partial charge on any atom is -0.381 e. The molecule has 1 aromatic rings. The van der Waals surface area contributed by atoms with Gasteiger partial charge in [0, 0.05) is 32.2 Å². The molecule has 1 aliphatic carbocycles. The first-order valence-electron chi connectivity index (χ1n) is 8.97. The van der Waals surface area contributed by atoms with Crippen molar-refractivity contribution in [3.05, 3.63) is 11.6 Å². The Morgan fingerprint density at radius 1 is 1.30 bits per heavy atom. The van der Waals surface area contributed by atoms with E-state index in [-0.39, 0.29) is 0 Å². The Hall–Kier alpha value is -0.980. The van der Waals surface area contributed by atoms with Gasteiger partial charge in [0.05, 0.1) is 25.9 Å². The van der Waals surface area contributed by atoms with Crippen LogP contribution in [0.2, 0.25) is 0 Å². The lowest BCUT2D eigenvalue weighted by Crippen LogP contribution is -2.51. The van der Waals surface area contributed by atoms with E-state index in [4.69, 9.17) is 9.47 Å². The molecule has 1 aromatic heterocycles. The van der Waals surface area contributed by atoms with E-state index in [1.165, 1.54) is 19.3 Å². The molecule has 6 heteroatoms. The average Bonchev–Trinajstić information content (AvgIpc) is 3.17. The highest BCUT2D eigenvalue weighted by molar-refractivity contribution is 4.97. The van der Waals surface area contributed by atoms with Crippen LogP contribution in [-0.4, -0.2) is 58.7 Å². The molecule has 6 nitrogen and oxygen atoms in total. The summed E-state index contributed by atoms with van der Waals surface area (Å²) in [6.07, 6.45) is 5.16. The SMILES string of the molecule is CCCn1c(C)nnc1CN1CCOC[C@@H]1[C@H]1CCC[C@H]1OC. The lowest BCUT2D eigenvalue weighted by Gasteiger charge is -2.40. The van der Waals surface area contributed by atoms with Crippen LogP contribution in [0.1, 0.15) is 44.3 Å². The highest BCUT2D eigenvalue weighted by Gasteiger charge is 2.38. The predicted molar refractivity (Wildman–Crippen MR) is 88.2 cm³/mol. The van der Waals surface area contributed by atoms with Crippen molar-refractivity contribution >= 4 is 0 Å². The summed E-state index contributed by atoms with van der Waals surface area (Å²) in [5.74, 6) is 2.68. The highest BCUT2D eigenvalue weighted by atomic mass is 16.5. The minimum atomic E-state index is 0.374. The number of rotatable bonds is 6. The van der Waals surface area contributed by atoms with Gasteiger partial charge < -0.3 is 14.0 Å². The van der Waals surface area contributed by atoms with E-state index < -0.39 is 0 Å². The van der Waals surface area contributed by atoms with E-state index in [0.29, 0.717) is 18.1 Å². The number of nitrogens with zero attached hydrogens (tertiary/aromatic N) is 4. The molecular weight excluding hydrogens is 292 g/mol. The van der Waals surface area contributed by atoms with Gasteiger partial charge in [0.1, 0.15) is 11.6 Å². The second kappa shape index (κ2) is 7.73. The molecule has 23 heavy (non-hydrogen) atoms. The molecule has 0 radical (unpaired) electrons. The largest absolute Gasteiger partial charge is 0.381 e. The monoisotopic (exact) mass is 322 g/mol. The zero-order valence-electron chi connectivity index (χ0n) is 14.7. The molecule has 0 bridgehead atoms. The van der Waals surface area contributed by atoms with E-state index in [9.17, 15) is 0 Å². The Bertz CT molecular complexity index is 505. The predicted octanol–water partition coefficient (Wildman–Crippen LogP) is 2.01. The second-order valence-electron chi connectivity index (χ2n) is 6.80. The fourth-order valence-electron chi connectivity index (χ4n) is 4.17. The van der Waals surface area contributed by atoms with Crippen molar-refractivity contribution in [3.63, 3.8) is 0 Å². The van der Waals surface area contributed by atoms with Crippen LogP contribution in [0, 0.1) is 12.8 Å². The first kappa shape index (κ1) is 16.9. The Labute approximate surface area is 139 Å². The standard InChI is InChI=1S/C17H30N4O2/c1-4-8-21-13(2)18-19-17(21)11-20-9-10-23-12-15(20)14-6-5-7-16(14)22-3/h14-16H,4-12H2,1-3H3/t14-,15-,16-/m1/s1. The molecule has 1 aliphatic heterocycles. The van der Waals surface area contributed by atoms with Gasteiger partial charge in [-0.3, -0.25) is 4.90 Å². The van der Waals surface area contributed by atoms with Crippen molar-refractivity contribution in [2.75, 3.05) is 26.9 Å². The Morgan fingerprint density at radius 3 is 2.96 bits per heavy atom. The smallest absolute Gasteiger partial charge is 0.147 e. The van der Waals surface area contributed by atoms with Crippen LogP contribution in [0.4, 0.5) is 0 Å². The Morgan fingerprint density at radius 2 is 2.17 bits per heavy atom. The maximum atomic E-state index is 5.80. The van der Waals surface area contributed by atoms with Crippen molar-refractivity contribution in [3.8, 4) is 0 Å². The number of aryl methyl sites for hydroxylation is 1. The number of hydrogen-bond donors (Lipinski definition) is 0. The molecule has 0 amide bonds. The zero-order chi connectivity index (χ0) is 16.2. The quantitative estimate of drug-likeness (QED) is 0.802. The van der Waals surface area contributed by atoms with E-state index >= 15 is 0 Å². The Balaban J connectivity index is 1.74. The van der Waals surface area contributed by atoms with Crippen molar-refractivity contribution in [1.82, 2.24) is 19.7 Å². The van der Waals surface area contributed by atoms with Gasteiger partial charge in [0.2, 0.25) is 0 Å². The number of aromatic nitrogens is 3. The van der Waals surface area contributed by atoms with Gasteiger partial charge in [-0.1, -0.05) is 13.3 Å². The molecule has 0 aromatic carbocycles. The van der Waals surface area contributed by atoms with Crippen molar-refractivity contribution < 1.29 is 9.47 Å². The molecule has 130 valence electrons. The summed E-state index contributed by atoms with van der Waals surface area (Å²) < 4.78 is 13.8. The topological polar surface area (TPSA) is 52.4 Å². The van der Waals surface area contributed by atoms with Crippen molar-refractivity contribution in [1.29, 1.82) is 0 Å². The third kappa shape index (κ3) is 3.59. The fourth-order valence-corrected chi connectivity index (χ4v) is 4.17. The maximum Gasteiger partial charge on any atom is 0.147 e. The molecule has 3 rings (SSSR count). The van der Waals surface area contributed by atoms with Crippen LogP contribution in [-0.2, 0) is 22.6 Å². The summed E-state index contributed by atoms with van der Waals surface area (Å²) in [5.41, 5.74) is 0. The highest BCUT2D eigenvalue weighted by Crippen LogP contribution is 2.34. The third-order valence-electron chi connectivity index (χ3n) is 5.39. The number of ether oxygens (including phenoxy) is 2. The molecular formula is C17H30N4O2. The lowest BCUT2D eigenvalue weighted by atomic mass is 9.94. The summed E-state index contributed by atoms with van der Waals surface area (Å²) in [4.78, 5) is 2.54. The molecule has 1 saturated carbocycles. The van der Waals surface area contributed by atoms with Crippen molar-refractivity contribution in [2.45, 2.75) is 64.8 Å². The normalized spacial score (nSPS) is 29.3. The van der Waals surface area contributed by atoms with Gasteiger partial charge in [0.15, 0.2) is 0 Å². The summed E-state index contributed by atoms with van der Waals surface area (Å²) >= 11 is 0. The molecule has 0 unspecified atom stereocenters. The van der Waals surface area contributed by atoms with Crippen LogP contribution < -0.4 is 0 Å². The van der Waals surface area contributed by atoms with Gasteiger partial charge in [-0.05, 0) is 26.2 Å². The maximum absolute atomic E-state index is 5.80.